The van der Waals surface area contributed by atoms with Gasteiger partial charge in [0.15, 0.2) is 0 Å². The summed E-state index contributed by atoms with van der Waals surface area (Å²) in [4.78, 5) is 1.98. The molecule has 0 spiro atoms. The van der Waals surface area contributed by atoms with Crippen LogP contribution in [0.25, 0.3) is 0 Å². The largest absolute Gasteiger partial charge is 0.407 e. The molecule has 0 fully saturated rings. The lowest BCUT2D eigenvalue weighted by Crippen LogP contribution is -2.22. The first kappa shape index (κ1) is 14.5. The number of benzene rings is 1. The number of hydrogen-bond donors (Lipinski definition) is 1. The second kappa shape index (κ2) is 7.05. The van der Waals surface area contributed by atoms with Gasteiger partial charge in [0, 0.05) is 19.6 Å². The topological polar surface area (TPSA) is 54.2 Å². The van der Waals surface area contributed by atoms with E-state index in [1.54, 1.807) is 0 Å². The van der Waals surface area contributed by atoms with Crippen molar-refractivity contribution in [2.45, 2.75) is 32.9 Å². The predicted molar refractivity (Wildman–Crippen MR) is 79.7 cm³/mol. The van der Waals surface area contributed by atoms with Crippen LogP contribution in [-0.4, -0.2) is 29.8 Å². The molecule has 0 saturated carbocycles. The van der Waals surface area contributed by atoms with Gasteiger partial charge in [-0.2, -0.15) is 0 Å². The smallest absolute Gasteiger partial charge is 0.317 e. The maximum Gasteiger partial charge on any atom is 0.317 e. The minimum Gasteiger partial charge on any atom is -0.407 e. The lowest BCUT2D eigenvalue weighted by molar-refractivity contribution is 0.450. The highest BCUT2D eigenvalue weighted by Crippen LogP contribution is 2.11. The summed E-state index contributed by atoms with van der Waals surface area (Å²) in [5.74, 6) is 0.625. The maximum atomic E-state index is 5.63. The van der Waals surface area contributed by atoms with Gasteiger partial charge in [-0.3, -0.25) is 0 Å². The fourth-order valence-corrected chi connectivity index (χ4v) is 1.80. The van der Waals surface area contributed by atoms with Crippen molar-refractivity contribution in [3.05, 3.63) is 41.8 Å². The molecule has 0 saturated heterocycles. The quantitative estimate of drug-likeness (QED) is 0.839. The Bertz CT molecular complexity index is 510. The summed E-state index contributed by atoms with van der Waals surface area (Å²) in [6.07, 6.45) is 0.958. The third-order valence-electron chi connectivity index (χ3n) is 3.02. The third-order valence-corrected chi connectivity index (χ3v) is 3.02. The molecule has 0 aliphatic rings. The normalized spacial score (nSPS) is 11.0. The van der Waals surface area contributed by atoms with E-state index in [2.05, 4.69) is 53.6 Å². The molecule has 2 rings (SSSR count). The first-order valence-corrected chi connectivity index (χ1v) is 6.96. The van der Waals surface area contributed by atoms with Crippen LogP contribution in [0.15, 0.2) is 34.7 Å². The van der Waals surface area contributed by atoms with Crippen molar-refractivity contribution in [1.29, 1.82) is 0 Å². The molecule has 1 N–H and O–H groups in total. The molecule has 108 valence electrons. The molecule has 0 unspecified atom stereocenters. The van der Waals surface area contributed by atoms with Crippen LogP contribution in [0.2, 0.25) is 0 Å². The maximum absolute atomic E-state index is 5.63. The van der Waals surface area contributed by atoms with Crippen molar-refractivity contribution >= 4 is 6.01 Å². The van der Waals surface area contributed by atoms with Gasteiger partial charge in [-0.05, 0) is 12.0 Å². The van der Waals surface area contributed by atoms with Crippen LogP contribution in [0.4, 0.5) is 6.01 Å². The molecule has 0 radical (unpaired) electrons. The number of likely N-dealkylation sites (N-methyl/N-ethyl adjacent to an activating group) is 1. The summed E-state index contributed by atoms with van der Waals surface area (Å²) in [6, 6.07) is 11.4. The van der Waals surface area contributed by atoms with Gasteiger partial charge < -0.3 is 14.6 Å². The first-order valence-electron chi connectivity index (χ1n) is 6.96. The molecule has 5 nitrogen and oxygen atoms in total. The van der Waals surface area contributed by atoms with Gasteiger partial charge in [0.25, 0.3) is 0 Å². The molecular weight excluding hydrogens is 252 g/mol. The van der Waals surface area contributed by atoms with Crippen LogP contribution >= 0.6 is 0 Å². The average molecular weight is 274 g/mol. The van der Waals surface area contributed by atoms with E-state index in [1.807, 2.05) is 18.0 Å². The van der Waals surface area contributed by atoms with Gasteiger partial charge in [0.2, 0.25) is 5.89 Å². The number of rotatable bonds is 7. The monoisotopic (exact) mass is 274 g/mol. The van der Waals surface area contributed by atoms with Crippen molar-refractivity contribution in [2.24, 2.45) is 0 Å². The molecule has 5 heteroatoms. The molecule has 0 aliphatic carbocycles. The lowest BCUT2D eigenvalue weighted by Gasteiger charge is -2.13. The van der Waals surface area contributed by atoms with E-state index in [0.717, 1.165) is 13.0 Å². The Kier molecular flexibility index (Phi) is 5.12. The molecule has 0 bridgehead atoms. The van der Waals surface area contributed by atoms with Gasteiger partial charge in [-0.25, -0.2) is 0 Å². The molecule has 1 heterocycles. The highest BCUT2D eigenvalue weighted by atomic mass is 16.4. The fraction of sp³-hybridized carbons (Fsp3) is 0.467. The predicted octanol–water partition coefficient (Wildman–Crippen LogP) is 2.25. The van der Waals surface area contributed by atoms with Crippen LogP contribution in [0.1, 0.15) is 25.3 Å². The minimum atomic E-state index is 0.404. The molecular formula is C15H22N4O. The molecule has 0 atom stereocenters. The van der Waals surface area contributed by atoms with E-state index >= 15 is 0 Å². The summed E-state index contributed by atoms with van der Waals surface area (Å²) < 4.78 is 5.63. The average Bonchev–Trinajstić information content (AvgIpc) is 2.92. The zero-order valence-electron chi connectivity index (χ0n) is 12.3. The highest BCUT2D eigenvalue weighted by molar-refractivity contribution is 5.24. The van der Waals surface area contributed by atoms with Crippen LogP contribution in [0.3, 0.4) is 0 Å². The van der Waals surface area contributed by atoms with Gasteiger partial charge in [-0.1, -0.05) is 49.3 Å². The second-order valence-corrected chi connectivity index (χ2v) is 5.17. The zero-order valence-corrected chi connectivity index (χ0v) is 12.3. The van der Waals surface area contributed by atoms with E-state index in [9.17, 15) is 0 Å². The summed E-state index contributed by atoms with van der Waals surface area (Å²) in [7, 11) is 1.97. The Morgan fingerprint density at radius 1 is 1.20 bits per heavy atom. The van der Waals surface area contributed by atoms with Crippen molar-refractivity contribution in [3.8, 4) is 0 Å². The van der Waals surface area contributed by atoms with Crippen molar-refractivity contribution in [3.63, 3.8) is 0 Å². The highest BCUT2D eigenvalue weighted by Gasteiger charge is 2.10. The summed E-state index contributed by atoms with van der Waals surface area (Å²) >= 11 is 0. The molecule has 0 amide bonds. The van der Waals surface area contributed by atoms with Gasteiger partial charge in [0.05, 0.1) is 6.54 Å². The van der Waals surface area contributed by atoms with Crippen molar-refractivity contribution < 1.29 is 4.42 Å². The minimum absolute atomic E-state index is 0.404. The van der Waals surface area contributed by atoms with E-state index in [-0.39, 0.29) is 0 Å². The number of aromatic nitrogens is 2. The number of anilines is 1. The Labute approximate surface area is 120 Å². The van der Waals surface area contributed by atoms with E-state index in [1.165, 1.54) is 5.56 Å². The Morgan fingerprint density at radius 3 is 2.65 bits per heavy atom. The molecule has 1 aromatic carbocycles. The first-order chi connectivity index (χ1) is 9.65. The van der Waals surface area contributed by atoms with Gasteiger partial charge in [0.1, 0.15) is 0 Å². The summed E-state index contributed by atoms with van der Waals surface area (Å²) in [5, 5.41) is 11.4. The van der Waals surface area contributed by atoms with Crippen molar-refractivity contribution in [1.82, 2.24) is 15.5 Å². The standard InChI is InChI=1S/C15H22N4O/c1-12(2)16-11-14-17-18-15(20-14)19(3)10-9-13-7-5-4-6-8-13/h4-8,12,16H,9-11H2,1-3H3. The van der Waals surface area contributed by atoms with Gasteiger partial charge >= 0.3 is 6.01 Å². The Morgan fingerprint density at radius 2 is 1.95 bits per heavy atom. The number of nitrogens with zero attached hydrogens (tertiary/aromatic N) is 3. The molecule has 1 aromatic heterocycles. The molecule has 20 heavy (non-hydrogen) atoms. The van der Waals surface area contributed by atoms with Crippen LogP contribution in [-0.2, 0) is 13.0 Å². The summed E-state index contributed by atoms with van der Waals surface area (Å²) in [5.41, 5.74) is 1.31. The Hall–Kier alpha value is -1.88. The number of nitrogens with one attached hydrogen (secondary N) is 1. The molecule has 0 aliphatic heterocycles. The van der Waals surface area contributed by atoms with Crippen LogP contribution < -0.4 is 10.2 Å². The van der Waals surface area contributed by atoms with E-state index < -0.39 is 0 Å². The molecule has 2 aromatic rings. The van der Waals surface area contributed by atoms with E-state index in [0.29, 0.717) is 24.5 Å². The third kappa shape index (κ3) is 4.35. The van der Waals surface area contributed by atoms with Crippen LogP contribution in [0.5, 0.6) is 0 Å². The van der Waals surface area contributed by atoms with E-state index in [4.69, 9.17) is 4.42 Å². The second-order valence-electron chi connectivity index (χ2n) is 5.17. The van der Waals surface area contributed by atoms with Crippen molar-refractivity contribution in [2.75, 3.05) is 18.5 Å². The van der Waals surface area contributed by atoms with Gasteiger partial charge in [-0.15, -0.1) is 5.10 Å². The van der Waals surface area contributed by atoms with Crippen LogP contribution in [0, 0.1) is 0 Å². The Balaban J connectivity index is 1.84. The lowest BCUT2D eigenvalue weighted by atomic mass is 10.1. The number of hydrogen-bond acceptors (Lipinski definition) is 5. The summed E-state index contributed by atoms with van der Waals surface area (Å²) in [6.45, 7) is 5.63. The fourth-order valence-electron chi connectivity index (χ4n) is 1.80. The zero-order chi connectivity index (χ0) is 14.4. The SMILES string of the molecule is CC(C)NCc1nnc(N(C)CCc2ccccc2)o1.